The number of allylic oxidation sites excluding steroid dienone is 2. The van der Waals surface area contributed by atoms with Gasteiger partial charge in [0.1, 0.15) is 35.9 Å². The minimum absolute atomic E-state index is 0.0153. The number of benzene rings is 1. The van der Waals surface area contributed by atoms with Gasteiger partial charge in [0, 0.05) is 33.0 Å². The van der Waals surface area contributed by atoms with Crippen molar-refractivity contribution in [2.45, 2.75) is 129 Å². The number of aliphatic imine (C=N–C) groups is 1. The first-order valence-electron chi connectivity index (χ1n) is 23.9. The van der Waals surface area contributed by atoms with E-state index in [-0.39, 0.29) is 61.8 Å². The van der Waals surface area contributed by atoms with Crippen LogP contribution in [0.25, 0.3) is 0 Å². The minimum atomic E-state index is -1.87. The van der Waals surface area contributed by atoms with E-state index in [1.807, 2.05) is 50.3 Å². The summed E-state index contributed by atoms with van der Waals surface area (Å²) in [5, 5.41) is 25.7. The number of carboxylic acids is 1. The normalized spacial score (nSPS) is 25.1. The number of nitrogens with zero attached hydrogens (tertiary/aromatic N) is 2. The molecule has 0 bridgehead atoms. The molecule has 0 spiro atoms. The molecule has 0 radical (unpaired) electrons. The number of nitrogens with two attached hydrogens (primary N) is 2. The van der Waals surface area contributed by atoms with Crippen molar-refractivity contribution in [2.24, 2.45) is 40.1 Å². The Bertz CT molecular complexity index is 2180. The lowest BCUT2D eigenvalue weighted by Gasteiger charge is -2.28. The lowest BCUT2D eigenvalue weighted by atomic mass is 9.94. The first-order valence-corrected chi connectivity index (χ1v) is 23.9. The fourth-order valence-corrected chi connectivity index (χ4v) is 7.59. The van der Waals surface area contributed by atoms with E-state index in [2.05, 4.69) is 43.5 Å². The number of hydrogen-bond acceptors (Lipinski definition) is 12. The number of rotatable bonds is 15. The number of likely N-dealkylation sites (N-methyl/N-ethyl adjacent to an activating group) is 1. The third-order valence-corrected chi connectivity index (χ3v) is 12.1. The molecule has 0 unspecified atom stereocenters. The average molecular weight is 1010 g/mol. The number of ether oxygens (including phenoxy) is 2. The molecule has 0 aliphatic carbocycles. The van der Waals surface area contributed by atoms with Crippen molar-refractivity contribution >= 4 is 59.2 Å². The van der Waals surface area contributed by atoms with Crippen molar-refractivity contribution in [3.05, 3.63) is 72.0 Å². The summed E-state index contributed by atoms with van der Waals surface area (Å²) in [6.45, 7) is 15.1. The second-order valence-electron chi connectivity index (χ2n) is 18.4. The van der Waals surface area contributed by atoms with Gasteiger partial charge in [-0.2, -0.15) is 0 Å². The molecule has 22 heteroatoms. The Morgan fingerprint density at radius 3 is 2.06 bits per heavy atom. The Morgan fingerprint density at radius 2 is 1.47 bits per heavy atom. The van der Waals surface area contributed by atoms with Gasteiger partial charge in [0.05, 0.1) is 31.1 Å². The first kappa shape index (κ1) is 61.0. The SMILES string of the molecule is C=C1C(=O)N[C@H](C)C(=O)N[C@@H](CC(C)C)C(=O)N[C@@H](C(=O)O)[C@H](C)C(=O)N[C@@H](CCCN=C(N)N)C(=O)N[C@@H](/C=C/C(C)=C/[C@H](C)[C@H](Cc2ccccc2)OC)[C@H](C)C(=O)N[C@@H](C(=O)OC)CCC(=O)N1C. The largest absolute Gasteiger partial charge is 0.480 e. The third-order valence-electron chi connectivity index (χ3n) is 12.1. The van der Waals surface area contributed by atoms with Gasteiger partial charge in [-0.25, -0.2) is 9.59 Å². The van der Waals surface area contributed by atoms with Crippen molar-refractivity contribution in [1.82, 2.24) is 36.8 Å². The highest BCUT2D eigenvalue weighted by Crippen LogP contribution is 2.19. The molecule has 1 aromatic carbocycles. The summed E-state index contributed by atoms with van der Waals surface area (Å²) in [6, 6.07) is 1.37. The van der Waals surface area contributed by atoms with E-state index in [0.717, 1.165) is 23.1 Å². The smallest absolute Gasteiger partial charge is 0.328 e. The highest BCUT2D eigenvalue weighted by molar-refractivity contribution is 6.00. The summed E-state index contributed by atoms with van der Waals surface area (Å²) >= 11 is 0. The number of carboxylic acid groups (broad SMARTS) is 1. The number of methoxy groups -OCH3 is 2. The molecule has 1 heterocycles. The van der Waals surface area contributed by atoms with Crippen LogP contribution in [0.3, 0.4) is 0 Å². The summed E-state index contributed by atoms with van der Waals surface area (Å²) in [7, 11) is 3.97. The fourth-order valence-electron chi connectivity index (χ4n) is 7.59. The molecule has 22 nitrogen and oxygen atoms in total. The summed E-state index contributed by atoms with van der Waals surface area (Å²) in [5.41, 5.74) is 12.5. The molecule has 2 rings (SSSR count). The van der Waals surface area contributed by atoms with Crippen molar-refractivity contribution in [1.29, 1.82) is 0 Å². The van der Waals surface area contributed by atoms with Gasteiger partial charge in [0.25, 0.3) is 5.91 Å². The molecule has 1 aliphatic heterocycles. The van der Waals surface area contributed by atoms with Gasteiger partial charge in [0.2, 0.25) is 35.4 Å². The van der Waals surface area contributed by atoms with E-state index in [4.69, 9.17) is 20.9 Å². The highest BCUT2D eigenvalue weighted by Gasteiger charge is 2.37. The maximum Gasteiger partial charge on any atom is 0.328 e. The predicted molar refractivity (Wildman–Crippen MR) is 269 cm³/mol. The molecule has 72 heavy (non-hydrogen) atoms. The molecule has 1 aliphatic rings. The summed E-state index contributed by atoms with van der Waals surface area (Å²) < 4.78 is 10.8. The lowest BCUT2D eigenvalue weighted by Crippen LogP contribution is -2.59. The molecule has 0 aromatic heterocycles. The average Bonchev–Trinajstić information content (AvgIpc) is 3.33. The van der Waals surface area contributed by atoms with Crippen LogP contribution >= 0.6 is 0 Å². The number of amides is 7. The van der Waals surface area contributed by atoms with Crippen molar-refractivity contribution in [3.63, 3.8) is 0 Å². The maximum absolute atomic E-state index is 14.4. The van der Waals surface area contributed by atoms with Crippen LogP contribution in [-0.2, 0) is 59.0 Å². The standard InChI is InChI=1S/C50H76N10O12/c1-27(2)24-38-47(67)59-41(48(68)69)31(6)43(63)56-36(18-15-23-53-50(51)52)46(66)55-35(20-19-28(3)25-29(4)39(71-10)26-34-16-13-12-14-17-34)30(5)42(62)57-37(49(70)72-11)21-22-40(61)60(9)33(8)45(65)54-32(7)44(64)58-38/h12-14,16-17,19-20,25,27,29-32,35-39,41H,8,15,18,21-24,26H2,1-7,9-11H3,(H,54,65)(H,55,66)(H,56,63)(H,57,62)(H,58,64)(H,59,67)(H,68,69)(H4,51,52,53)/b20-19+,28-25+/t29-,30-,31-,32+,35-,36-,37+,38-,39-,41+/m0/s1. The zero-order valence-electron chi connectivity index (χ0n) is 43.1. The minimum Gasteiger partial charge on any atom is -0.480 e. The zero-order valence-corrected chi connectivity index (χ0v) is 43.1. The van der Waals surface area contributed by atoms with Crippen LogP contribution in [0.2, 0.25) is 0 Å². The summed E-state index contributed by atoms with van der Waals surface area (Å²) in [5.74, 6) is -11.6. The lowest BCUT2D eigenvalue weighted by molar-refractivity contribution is -0.147. The van der Waals surface area contributed by atoms with Gasteiger partial charge in [-0.05, 0) is 57.4 Å². The molecule has 0 saturated carbocycles. The molecule has 11 N–H and O–H groups in total. The van der Waals surface area contributed by atoms with Gasteiger partial charge in [-0.1, -0.05) is 95.3 Å². The van der Waals surface area contributed by atoms with Gasteiger partial charge in [-0.15, -0.1) is 0 Å². The van der Waals surface area contributed by atoms with Crippen LogP contribution in [0.15, 0.2) is 71.4 Å². The Labute approximate surface area is 422 Å². The van der Waals surface area contributed by atoms with Crippen LogP contribution in [0.1, 0.15) is 86.1 Å². The Kier molecular flexibility index (Phi) is 25.4. The molecule has 1 saturated heterocycles. The monoisotopic (exact) mass is 1010 g/mol. The van der Waals surface area contributed by atoms with Crippen LogP contribution in [0.5, 0.6) is 0 Å². The second kappa shape index (κ2) is 29.9. The van der Waals surface area contributed by atoms with Crippen LogP contribution in [0, 0.1) is 23.7 Å². The van der Waals surface area contributed by atoms with Crippen molar-refractivity contribution in [3.8, 4) is 0 Å². The number of carbonyl (C=O) groups is 9. The second-order valence-corrected chi connectivity index (χ2v) is 18.4. The molecular formula is C50H76N10O12. The van der Waals surface area contributed by atoms with E-state index < -0.39 is 108 Å². The van der Waals surface area contributed by atoms with Gasteiger partial charge in [-0.3, -0.25) is 38.6 Å². The number of guanidine groups is 1. The van der Waals surface area contributed by atoms with E-state index in [0.29, 0.717) is 6.42 Å². The fraction of sp³-hybridized carbons (Fsp3) is 0.560. The summed E-state index contributed by atoms with van der Waals surface area (Å²) in [6.07, 6.45) is 5.02. The van der Waals surface area contributed by atoms with Gasteiger partial charge < -0.3 is 62.8 Å². The molecule has 10 atom stereocenters. The number of hydrogen-bond donors (Lipinski definition) is 9. The van der Waals surface area contributed by atoms with Crippen LogP contribution in [0.4, 0.5) is 0 Å². The highest BCUT2D eigenvalue weighted by atomic mass is 16.5. The van der Waals surface area contributed by atoms with Crippen LogP contribution < -0.4 is 43.4 Å². The van der Waals surface area contributed by atoms with Crippen LogP contribution in [-0.4, -0.2) is 139 Å². The molecular weight excluding hydrogens is 933 g/mol. The molecule has 1 fully saturated rings. The quantitative estimate of drug-likeness (QED) is 0.0292. The maximum atomic E-state index is 14.4. The third kappa shape index (κ3) is 20.0. The molecule has 398 valence electrons. The Balaban J connectivity index is 2.76. The van der Waals surface area contributed by atoms with E-state index in [9.17, 15) is 48.3 Å². The van der Waals surface area contributed by atoms with Crippen molar-refractivity contribution < 1.29 is 57.7 Å². The summed E-state index contributed by atoms with van der Waals surface area (Å²) in [4.78, 5) is 127. The number of esters is 1. The topological polar surface area (TPSA) is 332 Å². The Morgan fingerprint density at radius 1 is 0.861 bits per heavy atom. The number of carbonyl (C=O) groups excluding carboxylic acids is 8. The van der Waals surface area contributed by atoms with Crippen molar-refractivity contribution in [2.75, 3.05) is 27.8 Å². The molecule has 1 aromatic rings. The first-order chi connectivity index (χ1) is 33.8. The van der Waals surface area contributed by atoms with E-state index >= 15 is 0 Å². The van der Waals surface area contributed by atoms with E-state index in [1.165, 1.54) is 27.8 Å². The number of aliphatic carboxylic acids is 1. The Hall–Kier alpha value is -7.10. The number of nitrogens with one attached hydrogen (secondary N) is 6. The zero-order chi connectivity index (χ0) is 54.4. The van der Waals surface area contributed by atoms with Gasteiger partial charge >= 0.3 is 11.9 Å². The predicted octanol–water partition coefficient (Wildman–Crippen LogP) is 0.707. The molecule has 7 amide bonds. The van der Waals surface area contributed by atoms with Gasteiger partial charge in [0.15, 0.2) is 5.96 Å². The van der Waals surface area contributed by atoms with E-state index in [1.54, 1.807) is 33.1 Å².